The maximum absolute atomic E-state index is 10.9. The van der Waals surface area contributed by atoms with Gasteiger partial charge in [0.05, 0.1) is 12.1 Å². The van der Waals surface area contributed by atoms with Gasteiger partial charge in [-0.2, -0.15) is 0 Å². The minimum atomic E-state index is -1.08. The van der Waals surface area contributed by atoms with Gasteiger partial charge >= 0.3 is 0 Å². The number of amides is 1. The zero-order valence-corrected chi connectivity index (χ0v) is 9.01. The minimum absolute atomic E-state index is 0.318. The van der Waals surface area contributed by atoms with Crippen molar-refractivity contribution < 1.29 is 24.5 Å². The Hall–Kier alpha value is -0.690. The Morgan fingerprint density at radius 1 is 1.40 bits per heavy atom. The van der Waals surface area contributed by atoms with E-state index in [4.69, 9.17) is 9.47 Å². The summed E-state index contributed by atoms with van der Waals surface area (Å²) in [6.45, 7) is 2.97. The number of ether oxygens (including phenoxy) is 2. The Kier molecular flexibility index (Phi) is 4.04. The zero-order valence-electron chi connectivity index (χ0n) is 9.01. The van der Waals surface area contributed by atoms with E-state index in [1.54, 1.807) is 6.92 Å². The molecule has 88 valence electrons. The van der Waals surface area contributed by atoms with Gasteiger partial charge in [-0.05, 0) is 6.92 Å². The maximum atomic E-state index is 10.9. The first kappa shape index (κ1) is 12.4. The molecule has 1 heterocycles. The molecule has 0 aromatic carbocycles. The van der Waals surface area contributed by atoms with Gasteiger partial charge in [-0.15, -0.1) is 0 Å². The normalized spacial score (nSPS) is 41.3. The first-order valence-corrected chi connectivity index (χ1v) is 4.79. The summed E-state index contributed by atoms with van der Waals surface area (Å²) in [6.07, 6.45) is -3.36. The van der Waals surface area contributed by atoms with Crippen LogP contribution in [0.4, 0.5) is 0 Å². The highest BCUT2D eigenvalue weighted by Crippen LogP contribution is 2.21. The Morgan fingerprint density at radius 3 is 2.47 bits per heavy atom. The monoisotopic (exact) mass is 219 g/mol. The third-order valence-electron chi connectivity index (χ3n) is 2.45. The average Bonchev–Trinajstić information content (AvgIpc) is 2.18. The molecule has 6 heteroatoms. The van der Waals surface area contributed by atoms with Crippen LogP contribution in [0.5, 0.6) is 0 Å². The van der Waals surface area contributed by atoms with Crippen LogP contribution in [0, 0.1) is 0 Å². The van der Waals surface area contributed by atoms with Crippen molar-refractivity contribution in [2.24, 2.45) is 0 Å². The molecule has 1 aliphatic heterocycles. The third-order valence-corrected chi connectivity index (χ3v) is 2.45. The molecular weight excluding hydrogens is 202 g/mol. The van der Waals surface area contributed by atoms with Crippen LogP contribution in [0.1, 0.15) is 13.8 Å². The van der Waals surface area contributed by atoms with Crippen LogP contribution in [-0.2, 0) is 14.3 Å². The van der Waals surface area contributed by atoms with Crippen molar-refractivity contribution in [3.8, 4) is 0 Å². The summed E-state index contributed by atoms with van der Waals surface area (Å²) in [5, 5.41) is 21.9. The van der Waals surface area contributed by atoms with E-state index in [9.17, 15) is 15.0 Å². The van der Waals surface area contributed by atoms with Crippen molar-refractivity contribution >= 4 is 5.91 Å². The lowest BCUT2D eigenvalue weighted by Crippen LogP contribution is -2.63. The molecule has 5 atom stereocenters. The van der Waals surface area contributed by atoms with Crippen LogP contribution in [0.3, 0.4) is 0 Å². The van der Waals surface area contributed by atoms with Crippen LogP contribution in [-0.4, -0.2) is 53.9 Å². The molecule has 0 radical (unpaired) electrons. The van der Waals surface area contributed by atoms with Crippen molar-refractivity contribution in [3.05, 3.63) is 0 Å². The number of aliphatic hydroxyl groups is 2. The van der Waals surface area contributed by atoms with E-state index in [1.807, 2.05) is 0 Å². The Morgan fingerprint density at radius 2 is 2.00 bits per heavy atom. The second-order valence-corrected chi connectivity index (χ2v) is 3.65. The van der Waals surface area contributed by atoms with E-state index in [2.05, 4.69) is 5.32 Å². The van der Waals surface area contributed by atoms with Crippen molar-refractivity contribution in [2.45, 2.75) is 44.5 Å². The van der Waals surface area contributed by atoms with Gasteiger partial charge in [-0.1, -0.05) is 0 Å². The number of rotatable bonds is 2. The highest BCUT2D eigenvalue weighted by molar-refractivity contribution is 5.73. The molecule has 0 aromatic heterocycles. The lowest BCUT2D eigenvalue weighted by molar-refractivity contribution is -0.261. The molecule has 1 aliphatic rings. The predicted molar refractivity (Wildman–Crippen MR) is 51.0 cm³/mol. The smallest absolute Gasteiger partial charge is 0.217 e. The van der Waals surface area contributed by atoms with Crippen LogP contribution >= 0.6 is 0 Å². The fraction of sp³-hybridized carbons (Fsp3) is 0.889. The van der Waals surface area contributed by atoms with Gasteiger partial charge in [-0.3, -0.25) is 4.79 Å². The lowest BCUT2D eigenvalue weighted by Gasteiger charge is -2.41. The van der Waals surface area contributed by atoms with Crippen molar-refractivity contribution in [1.29, 1.82) is 0 Å². The van der Waals surface area contributed by atoms with E-state index >= 15 is 0 Å². The van der Waals surface area contributed by atoms with Crippen molar-refractivity contribution in [1.82, 2.24) is 5.32 Å². The summed E-state index contributed by atoms with van der Waals surface area (Å²) >= 11 is 0. The number of hydrogen-bond donors (Lipinski definition) is 3. The van der Waals surface area contributed by atoms with Crippen molar-refractivity contribution in [2.75, 3.05) is 7.11 Å². The van der Waals surface area contributed by atoms with Crippen LogP contribution in [0.25, 0.3) is 0 Å². The van der Waals surface area contributed by atoms with Gasteiger partial charge < -0.3 is 25.0 Å². The molecule has 6 nitrogen and oxygen atoms in total. The van der Waals surface area contributed by atoms with Crippen LogP contribution in [0.2, 0.25) is 0 Å². The van der Waals surface area contributed by atoms with E-state index in [1.165, 1.54) is 14.0 Å². The molecule has 0 bridgehead atoms. The molecule has 3 N–H and O–H groups in total. The molecule has 1 rings (SSSR count). The number of aliphatic hydroxyl groups excluding tert-OH is 2. The van der Waals surface area contributed by atoms with Gasteiger partial charge in [0, 0.05) is 14.0 Å². The molecule has 0 spiro atoms. The molecule has 1 amide bonds. The number of hydrogen-bond acceptors (Lipinski definition) is 5. The van der Waals surface area contributed by atoms with Crippen LogP contribution < -0.4 is 5.32 Å². The van der Waals surface area contributed by atoms with Gasteiger partial charge in [0.2, 0.25) is 5.91 Å². The summed E-state index contributed by atoms with van der Waals surface area (Å²) in [4.78, 5) is 10.9. The molecule has 1 saturated heterocycles. The molecule has 0 saturated carbocycles. The SMILES string of the molecule is CO[C@H]1O[C@@H](C)[C@H](O)[C@@H](NC(C)=O)[C@@H]1O. The molecule has 15 heavy (non-hydrogen) atoms. The number of nitrogens with one attached hydrogen (secondary N) is 1. The Bertz CT molecular complexity index is 235. The van der Waals surface area contributed by atoms with E-state index in [0.29, 0.717) is 0 Å². The second kappa shape index (κ2) is 4.89. The number of carbonyl (C=O) groups excluding carboxylic acids is 1. The average molecular weight is 219 g/mol. The van der Waals surface area contributed by atoms with Gasteiger partial charge in [0.1, 0.15) is 12.2 Å². The third kappa shape index (κ3) is 2.66. The summed E-state index contributed by atoms with van der Waals surface area (Å²) < 4.78 is 10.1. The first-order valence-electron chi connectivity index (χ1n) is 4.79. The number of carbonyl (C=O) groups is 1. The maximum Gasteiger partial charge on any atom is 0.217 e. The summed E-state index contributed by atoms with van der Waals surface area (Å²) in [6, 6.07) is -0.767. The molecular formula is C9H17NO5. The molecule has 0 unspecified atom stereocenters. The Balaban J connectivity index is 2.74. The minimum Gasteiger partial charge on any atom is -0.388 e. The topological polar surface area (TPSA) is 88.0 Å². The quantitative estimate of drug-likeness (QED) is 0.532. The number of methoxy groups -OCH3 is 1. The highest BCUT2D eigenvalue weighted by Gasteiger charge is 2.43. The van der Waals surface area contributed by atoms with Crippen LogP contribution in [0.15, 0.2) is 0 Å². The lowest BCUT2D eigenvalue weighted by atomic mass is 9.97. The largest absolute Gasteiger partial charge is 0.388 e. The first-order chi connectivity index (χ1) is 6.97. The van der Waals surface area contributed by atoms with E-state index in [0.717, 1.165) is 0 Å². The van der Waals surface area contributed by atoms with Gasteiger partial charge in [-0.25, -0.2) is 0 Å². The molecule has 1 fully saturated rings. The molecule has 0 aromatic rings. The van der Waals surface area contributed by atoms with Gasteiger partial charge in [0.15, 0.2) is 6.29 Å². The predicted octanol–water partition coefficient (Wildman–Crippen LogP) is -1.40. The fourth-order valence-corrected chi connectivity index (χ4v) is 1.64. The fourth-order valence-electron chi connectivity index (χ4n) is 1.64. The summed E-state index contributed by atoms with van der Waals surface area (Å²) in [7, 11) is 1.39. The molecule has 0 aliphatic carbocycles. The summed E-state index contributed by atoms with van der Waals surface area (Å²) in [5.41, 5.74) is 0. The van der Waals surface area contributed by atoms with E-state index in [-0.39, 0.29) is 5.91 Å². The Labute approximate surface area is 88.2 Å². The zero-order chi connectivity index (χ0) is 11.6. The summed E-state index contributed by atoms with van der Waals surface area (Å²) in [5.74, 6) is -0.318. The highest BCUT2D eigenvalue weighted by atomic mass is 16.7. The van der Waals surface area contributed by atoms with E-state index < -0.39 is 30.6 Å². The second-order valence-electron chi connectivity index (χ2n) is 3.65. The standard InChI is InChI=1S/C9H17NO5/c1-4-7(12)6(10-5(2)11)8(13)9(14-3)15-4/h4,6-9,12-13H,1-3H3,(H,10,11)/t4-,6+,7-,8-,9-/m0/s1. The van der Waals surface area contributed by atoms with Gasteiger partial charge in [0.25, 0.3) is 0 Å². The van der Waals surface area contributed by atoms with Crippen molar-refractivity contribution in [3.63, 3.8) is 0 Å².